The van der Waals surface area contributed by atoms with Crippen LogP contribution in [0.25, 0.3) is 10.9 Å². The summed E-state index contributed by atoms with van der Waals surface area (Å²) in [4.78, 5) is 13.7. The van der Waals surface area contributed by atoms with Gasteiger partial charge >= 0.3 is 0 Å². The summed E-state index contributed by atoms with van der Waals surface area (Å²) in [6, 6.07) is 12.4. The molecule has 0 atom stereocenters. The highest BCUT2D eigenvalue weighted by Crippen LogP contribution is 2.29. The van der Waals surface area contributed by atoms with Crippen molar-refractivity contribution in [3.63, 3.8) is 0 Å². The Balaban J connectivity index is 1.48. The molecule has 3 heterocycles. The lowest BCUT2D eigenvalue weighted by atomic mass is 10.1. The Hall–Kier alpha value is -2.18. The topological polar surface area (TPSA) is 41.5 Å². The van der Waals surface area contributed by atoms with Gasteiger partial charge in [-0.2, -0.15) is 0 Å². The van der Waals surface area contributed by atoms with Gasteiger partial charge in [0.15, 0.2) is 0 Å². The van der Waals surface area contributed by atoms with Crippen molar-refractivity contribution in [2.75, 3.05) is 38.2 Å². The quantitative estimate of drug-likeness (QED) is 0.652. The SMILES string of the molecule is COc1ncccc1CN1CCN(c2ccnc3ccc(Br)cc23)CC1. The predicted octanol–water partition coefficient (Wildman–Crippen LogP) is 3.72. The summed E-state index contributed by atoms with van der Waals surface area (Å²) >= 11 is 3.58. The van der Waals surface area contributed by atoms with Crippen molar-refractivity contribution in [1.29, 1.82) is 0 Å². The number of methoxy groups -OCH3 is 1. The van der Waals surface area contributed by atoms with Crippen molar-refractivity contribution >= 4 is 32.5 Å². The molecule has 26 heavy (non-hydrogen) atoms. The Labute approximate surface area is 161 Å². The largest absolute Gasteiger partial charge is 0.481 e. The number of halogens is 1. The number of benzene rings is 1. The lowest BCUT2D eigenvalue weighted by molar-refractivity contribution is 0.245. The van der Waals surface area contributed by atoms with Gasteiger partial charge in [-0.15, -0.1) is 0 Å². The first-order valence-corrected chi connectivity index (χ1v) is 9.53. The molecule has 1 fully saturated rings. The van der Waals surface area contributed by atoms with Gasteiger partial charge in [0.25, 0.3) is 0 Å². The maximum Gasteiger partial charge on any atom is 0.217 e. The highest BCUT2D eigenvalue weighted by Gasteiger charge is 2.20. The first-order chi connectivity index (χ1) is 12.7. The molecule has 134 valence electrons. The molecule has 6 heteroatoms. The number of piperazine rings is 1. The van der Waals surface area contributed by atoms with Crippen molar-refractivity contribution in [3.05, 3.63) is 58.8 Å². The minimum Gasteiger partial charge on any atom is -0.481 e. The summed E-state index contributed by atoms with van der Waals surface area (Å²) in [5.74, 6) is 0.722. The average Bonchev–Trinajstić information content (AvgIpc) is 2.68. The number of hydrogen-bond donors (Lipinski definition) is 0. The summed E-state index contributed by atoms with van der Waals surface area (Å²) < 4.78 is 6.46. The van der Waals surface area contributed by atoms with E-state index >= 15 is 0 Å². The molecule has 1 saturated heterocycles. The fraction of sp³-hybridized carbons (Fsp3) is 0.300. The third kappa shape index (κ3) is 3.52. The summed E-state index contributed by atoms with van der Waals surface area (Å²) in [5, 5.41) is 1.20. The van der Waals surface area contributed by atoms with Crippen LogP contribution in [-0.4, -0.2) is 48.2 Å². The third-order valence-corrected chi connectivity index (χ3v) is 5.32. The molecular formula is C20H21BrN4O. The van der Waals surface area contributed by atoms with Crippen molar-refractivity contribution in [2.45, 2.75) is 6.54 Å². The number of pyridine rings is 2. The molecule has 0 aliphatic carbocycles. The Morgan fingerprint density at radius 1 is 1.04 bits per heavy atom. The molecule has 0 bridgehead atoms. The van der Waals surface area contributed by atoms with E-state index in [9.17, 15) is 0 Å². The van der Waals surface area contributed by atoms with Crippen molar-refractivity contribution in [1.82, 2.24) is 14.9 Å². The molecule has 1 aliphatic heterocycles. The van der Waals surface area contributed by atoms with Crippen LogP contribution in [0.5, 0.6) is 5.88 Å². The van der Waals surface area contributed by atoms with Gasteiger partial charge in [0, 0.05) is 66.2 Å². The normalized spacial score (nSPS) is 15.4. The molecule has 0 N–H and O–H groups in total. The number of anilines is 1. The number of fused-ring (bicyclic) bond motifs is 1. The van der Waals surface area contributed by atoms with Gasteiger partial charge in [0.2, 0.25) is 5.88 Å². The van der Waals surface area contributed by atoms with Gasteiger partial charge in [-0.05, 0) is 30.3 Å². The van der Waals surface area contributed by atoms with E-state index in [0.29, 0.717) is 0 Å². The smallest absolute Gasteiger partial charge is 0.217 e. The van der Waals surface area contributed by atoms with Crippen molar-refractivity contribution < 1.29 is 4.74 Å². The zero-order valence-electron chi connectivity index (χ0n) is 14.7. The summed E-state index contributed by atoms with van der Waals surface area (Å²) in [7, 11) is 1.68. The second kappa shape index (κ2) is 7.60. The second-order valence-electron chi connectivity index (χ2n) is 6.43. The number of aromatic nitrogens is 2. The van der Waals surface area contributed by atoms with Crippen LogP contribution in [0.3, 0.4) is 0 Å². The fourth-order valence-corrected chi connectivity index (χ4v) is 3.86. The first-order valence-electron chi connectivity index (χ1n) is 8.74. The van der Waals surface area contributed by atoms with Gasteiger partial charge in [0.05, 0.1) is 12.6 Å². The fourth-order valence-electron chi connectivity index (χ4n) is 3.50. The number of rotatable bonds is 4. The Bertz CT molecular complexity index is 909. The Kier molecular flexibility index (Phi) is 5.04. The summed E-state index contributed by atoms with van der Waals surface area (Å²) in [6.45, 7) is 4.88. The molecular weight excluding hydrogens is 392 g/mol. The summed E-state index contributed by atoms with van der Waals surface area (Å²) in [6.07, 6.45) is 3.67. The van der Waals surface area contributed by atoms with E-state index in [-0.39, 0.29) is 0 Å². The van der Waals surface area contributed by atoms with Gasteiger partial charge in [-0.1, -0.05) is 22.0 Å². The maximum absolute atomic E-state index is 5.38. The van der Waals surface area contributed by atoms with E-state index in [1.807, 2.05) is 18.3 Å². The van der Waals surface area contributed by atoms with Crippen LogP contribution >= 0.6 is 15.9 Å². The molecule has 0 unspecified atom stereocenters. The van der Waals surface area contributed by atoms with Gasteiger partial charge in [-0.25, -0.2) is 4.98 Å². The van der Waals surface area contributed by atoms with E-state index in [4.69, 9.17) is 4.74 Å². The molecule has 0 spiro atoms. The van der Waals surface area contributed by atoms with Crippen LogP contribution in [0, 0.1) is 0 Å². The van der Waals surface area contributed by atoms with Gasteiger partial charge in [-0.3, -0.25) is 9.88 Å². The minimum atomic E-state index is 0.722. The zero-order chi connectivity index (χ0) is 17.9. The number of ether oxygens (including phenoxy) is 1. The van der Waals surface area contributed by atoms with Crippen LogP contribution in [0.1, 0.15) is 5.56 Å². The van der Waals surface area contributed by atoms with Crippen LogP contribution in [-0.2, 0) is 6.54 Å². The molecule has 4 rings (SSSR count). The first kappa shape index (κ1) is 17.2. The van der Waals surface area contributed by atoms with Crippen LogP contribution in [0.4, 0.5) is 5.69 Å². The molecule has 5 nitrogen and oxygen atoms in total. The molecule has 3 aromatic rings. The van der Waals surface area contributed by atoms with Gasteiger partial charge < -0.3 is 9.64 Å². The molecule has 0 amide bonds. The van der Waals surface area contributed by atoms with E-state index in [1.165, 1.54) is 11.1 Å². The van der Waals surface area contributed by atoms with Crippen LogP contribution in [0.2, 0.25) is 0 Å². The van der Waals surface area contributed by atoms with E-state index in [2.05, 4.69) is 60.0 Å². The van der Waals surface area contributed by atoms with Crippen molar-refractivity contribution in [2.24, 2.45) is 0 Å². The lowest BCUT2D eigenvalue weighted by Gasteiger charge is -2.36. The van der Waals surface area contributed by atoms with Crippen LogP contribution < -0.4 is 9.64 Å². The van der Waals surface area contributed by atoms with Crippen LogP contribution in [0.15, 0.2) is 53.3 Å². The lowest BCUT2D eigenvalue weighted by Crippen LogP contribution is -2.46. The van der Waals surface area contributed by atoms with Gasteiger partial charge in [0.1, 0.15) is 0 Å². The highest BCUT2D eigenvalue weighted by atomic mass is 79.9. The Morgan fingerprint density at radius 3 is 2.69 bits per heavy atom. The van der Waals surface area contributed by atoms with E-state index < -0.39 is 0 Å². The number of hydrogen-bond acceptors (Lipinski definition) is 5. The van der Waals surface area contributed by atoms with Crippen molar-refractivity contribution in [3.8, 4) is 5.88 Å². The average molecular weight is 413 g/mol. The molecule has 0 saturated carbocycles. The standard InChI is InChI=1S/C20H21BrN4O/c1-26-20-15(3-2-7-23-20)14-24-9-11-25(12-10-24)19-6-8-22-18-5-4-16(21)13-17(18)19/h2-8,13H,9-12,14H2,1H3. The Morgan fingerprint density at radius 2 is 1.88 bits per heavy atom. The monoisotopic (exact) mass is 412 g/mol. The third-order valence-electron chi connectivity index (χ3n) is 4.83. The highest BCUT2D eigenvalue weighted by molar-refractivity contribution is 9.10. The zero-order valence-corrected chi connectivity index (χ0v) is 16.3. The van der Waals surface area contributed by atoms with E-state index in [1.54, 1.807) is 13.3 Å². The molecule has 2 aromatic heterocycles. The molecule has 1 aromatic carbocycles. The molecule has 0 radical (unpaired) electrons. The predicted molar refractivity (Wildman–Crippen MR) is 108 cm³/mol. The summed E-state index contributed by atoms with van der Waals surface area (Å²) in [5.41, 5.74) is 3.44. The van der Waals surface area contributed by atoms with E-state index in [0.717, 1.165) is 54.2 Å². The second-order valence-corrected chi connectivity index (χ2v) is 7.34. The maximum atomic E-state index is 5.38. The molecule has 1 aliphatic rings. The minimum absolute atomic E-state index is 0.722. The number of nitrogens with zero attached hydrogens (tertiary/aromatic N) is 4.